The van der Waals surface area contributed by atoms with E-state index >= 15 is 0 Å². The summed E-state index contributed by atoms with van der Waals surface area (Å²) < 4.78 is 0. The van der Waals surface area contributed by atoms with Gasteiger partial charge in [-0.25, -0.2) is 0 Å². The first-order valence-corrected chi connectivity index (χ1v) is 7.32. The second kappa shape index (κ2) is 6.87. The van der Waals surface area contributed by atoms with E-state index in [0.29, 0.717) is 6.42 Å². The summed E-state index contributed by atoms with van der Waals surface area (Å²) in [5, 5.41) is 10.2. The van der Waals surface area contributed by atoms with Gasteiger partial charge < -0.3 is 5.11 Å². The molecule has 0 bridgehead atoms. The number of aryl methyl sites for hydroxylation is 1. The molecule has 2 nitrogen and oxygen atoms in total. The van der Waals surface area contributed by atoms with E-state index in [4.69, 9.17) is 11.6 Å². The highest BCUT2D eigenvalue weighted by Gasteiger charge is 2.24. The SMILES string of the molecule is C=CC1=C(N=CC)C(CCO)c2ccc(Cl)cc2CC1. The minimum atomic E-state index is 0.110. The van der Waals surface area contributed by atoms with Crippen LogP contribution in [0.5, 0.6) is 0 Å². The van der Waals surface area contributed by atoms with Crippen molar-refractivity contribution in [2.24, 2.45) is 4.99 Å². The molecule has 2 rings (SSSR count). The maximum atomic E-state index is 9.41. The third-order valence-electron chi connectivity index (χ3n) is 3.74. The molecule has 0 spiro atoms. The van der Waals surface area contributed by atoms with Gasteiger partial charge in [0.2, 0.25) is 0 Å². The highest BCUT2D eigenvalue weighted by Crippen LogP contribution is 2.38. The number of aliphatic hydroxyl groups excluding tert-OH is 1. The minimum Gasteiger partial charge on any atom is -0.396 e. The van der Waals surface area contributed by atoms with E-state index in [1.165, 1.54) is 11.1 Å². The van der Waals surface area contributed by atoms with Crippen LogP contribution in [0.4, 0.5) is 0 Å². The van der Waals surface area contributed by atoms with E-state index in [9.17, 15) is 5.11 Å². The molecule has 1 aliphatic carbocycles. The number of hydrogen-bond acceptors (Lipinski definition) is 2. The topological polar surface area (TPSA) is 32.6 Å². The monoisotopic (exact) mass is 289 g/mol. The van der Waals surface area contributed by atoms with Gasteiger partial charge in [-0.1, -0.05) is 30.3 Å². The quantitative estimate of drug-likeness (QED) is 0.824. The predicted octanol–water partition coefficient (Wildman–Crippen LogP) is 4.28. The van der Waals surface area contributed by atoms with Gasteiger partial charge in [-0.2, -0.15) is 0 Å². The zero-order chi connectivity index (χ0) is 14.5. The molecule has 0 amide bonds. The summed E-state index contributed by atoms with van der Waals surface area (Å²) in [5.41, 5.74) is 4.66. The molecule has 1 aromatic carbocycles. The first kappa shape index (κ1) is 15.0. The van der Waals surface area contributed by atoms with Crippen molar-refractivity contribution in [1.82, 2.24) is 0 Å². The first-order chi connectivity index (χ1) is 9.71. The van der Waals surface area contributed by atoms with E-state index in [1.54, 1.807) is 0 Å². The molecule has 1 atom stereocenters. The van der Waals surface area contributed by atoms with E-state index in [-0.39, 0.29) is 12.5 Å². The van der Waals surface area contributed by atoms with Crippen LogP contribution in [-0.2, 0) is 6.42 Å². The van der Waals surface area contributed by atoms with Crippen molar-refractivity contribution in [2.75, 3.05) is 6.61 Å². The second-order valence-electron chi connectivity index (χ2n) is 4.91. The lowest BCUT2D eigenvalue weighted by Crippen LogP contribution is -2.06. The van der Waals surface area contributed by atoms with Crippen molar-refractivity contribution in [3.05, 3.63) is 58.3 Å². The van der Waals surface area contributed by atoms with E-state index in [0.717, 1.165) is 29.1 Å². The Morgan fingerprint density at radius 2 is 2.25 bits per heavy atom. The summed E-state index contributed by atoms with van der Waals surface area (Å²) >= 11 is 6.11. The molecule has 0 radical (unpaired) electrons. The van der Waals surface area contributed by atoms with Gasteiger partial charge in [0.15, 0.2) is 0 Å². The van der Waals surface area contributed by atoms with Gasteiger partial charge in [-0.3, -0.25) is 4.99 Å². The van der Waals surface area contributed by atoms with Crippen molar-refractivity contribution in [2.45, 2.75) is 32.1 Å². The summed E-state index contributed by atoms with van der Waals surface area (Å²) in [6, 6.07) is 6.01. The fourth-order valence-electron chi connectivity index (χ4n) is 2.84. The lowest BCUT2D eigenvalue weighted by molar-refractivity contribution is 0.280. The number of benzene rings is 1. The van der Waals surface area contributed by atoms with Crippen molar-refractivity contribution in [3.63, 3.8) is 0 Å². The lowest BCUT2D eigenvalue weighted by atomic mass is 9.89. The minimum absolute atomic E-state index is 0.110. The highest BCUT2D eigenvalue weighted by molar-refractivity contribution is 6.30. The number of halogens is 1. The Kier molecular flexibility index (Phi) is 5.16. The molecule has 0 aromatic heterocycles. The molecule has 1 aromatic rings. The molecule has 20 heavy (non-hydrogen) atoms. The summed E-state index contributed by atoms with van der Waals surface area (Å²) in [6.07, 6.45) is 6.20. The third kappa shape index (κ3) is 3.02. The fraction of sp³-hybridized carbons (Fsp3) is 0.353. The van der Waals surface area contributed by atoms with Crippen LogP contribution in [0.25, 0.3) is 0 Å². The molecule has 3 heteroatoms. The smallest absolute Gasteiger partial charge is 0.0507 e. The van der Waals surface area contributed by atoms with Crippen LogP contribution in [-0.4, -0.2) is 17.9 Å². The summed E-state index contributed by atoms with van der Waals surface area (Å²) in [5.74, 6) is 0.110. The molecule has 106 valence electrons. The predicted molar refractivity (Wildman–Crippen MR) is 85.6 cm³/mol. The number of hydrogen-bond donors (Lipinski definition) is 1. The number of aliphatic imine (C=N–C) groups is 1. The van der Waals surface area contributed by atoms with Gasteiger partial charge in [-0.05, 0) is 55.0 Å². The van der Waals surface area contributed by atoms with Crippen molar-refractivity contribution in [3.8, 4) is 0 Å². The number of allylic oxidation sites excluding steroid dienone is 3. The summed E-state index contributed by atoms with van der Waals surface area (Å²) in [7, 11) is 0. The van der Waals surface area contributed by atoms with Crippen LogP contribution < -0.4 is 0 Å². The number of rotatable bonds is 4. The van der Waals surface area contributed by atoms with Crippen molar-refractivity contribution in [1.29, 1.82) is 0 Å². The van der Waals surface area contributed by atoms with Crippen molar-refractivity contribution < 1.29 is 5.11 Å². The number of nitrogens with zero attached hydrogens (tertiary/aromatic N) is 1. The molecule has 0 saturated carbocycles. The van der Waals surface area contributed by atoms with Crippen LogP contribution in [0.1, 0.15) is 36.8 Å². The Morgan fingerprint density at radius 1 is 1.45 bits per heavy atom. The van der Waals surface area contributed by atoms with Crippen LogP contribution >= 0.6 is 11.6 Å². The normalized spacial score (nSPS) is 19.1. The number of aliphatic hydroxyl groups is 1. The van der Waals surface area contributed by atoms with Gasteiger partial charge in [-0.15, -0.1) is 0 Å². The van der Waals surface area contributed by atoms with Gasteiger partial charge >= 0.3 is 0 Å². The lowest BCUT2D eigenvalue weighted by Gasteiger charge is -2.19. The zero-order valence-electron chi connectivity index (χ0n) is 11.8. The van der Waals surface area contributed by atoms with Gasteiger partial charge in [0.25, 0.3) is 0 Å². The largest absolute Gasteiger partial charge is 0.396 e. The first-order valence-electron chi connectivity index (χ1n) is 6.94. The standard InChI is InChI=1S/C17H20ClNO/c1-3-12-5-6-13-11-14(18)7-8-15(13)16(9-10-20)17(12)19-4-2/h3-4,7-8,11,16,20H,1,5-6,9-10H2,2H3. The second-order valence-corrected chi connectivity index (χ2v) is 5.35. The van der Waals surface area contributed by atoms with E-state index in [2.05, 4.69) is 17.6 Å². The van der Waals surface area contributed by atoms with Gasteiger partial charge in [0, 0.05) is 23.8 Å². The average molecular weight is 290 g/mol. The fourth-order valence-corrected chi connectivity index (χ4v) is 3.03. The molecule has 0 fully saturated rings. The van der Waals surface area contributed by atoms with Crippen molar-refractivity contribution >= 4 is 17.8 Å². The van der Waals surface area contributed by atoms with Gasteiger partial charge in [0.1, 0.15) is 0 Å². The van der Waals surface area contributed by atoms with E-state index in [1.807, 2.05) is 31.3 Å². The van der Waals surface area contributed by atoms with Gasteiger partial charge in [0.05, 0.1) is 5.70 Å². The Morgan fingerprint density at radius 3 is 2.90 bits per heavy atom. The maximum absolute atomic E-state index is 9.41. The molecule has 1 N–H and O–H groups in total. The summed E-state index contributed by atoms with van der Waals surface area (Å²) in [4.78, 5) is 4.56. The number of fused-ring (bicyclic) bond motifs is 1. The van der Waals surface area contributed by atoms with E-state index < -0.39 is 0 Å². The van der Waals surface area contributed by atoms with Crippen LogP contribution in [0, 0.1) is 0 Å². The Balaban J connectivity index is 2.58. The molecule has 0 aliphatic heterocycles. The molecular formula is C17H20ClNO. The average Bonchev–Trinajstić information content (AvgIpc) is 2.58. The molecular weight excluding hydrogens is 270 g/mol. The van der Waals surface area contributed by atoms with Crippen LogP contribution in [0.3, 0.4) is 0 Å². The molecule has 0 heterocycles. The third-order valence-corrected chi connectivity index (χ3v) is 3.97. The van der Waals surface area contributed by atoms with Crippen LogP contribution in [0.2, 0.25) is 5.02 Å². The molecule has 1 aliphatic rings. The zero-order valence-corrected chi connectivity index (χ0v) is 12.5. The maximum Gasteiger partial charge on any atom is 0.0507 e. The van der Waals surface area contributed by atoms with Crippen LogP contribution in [0.15, 0.2) is 47.1 Å². The Bertz CT molecular complexity index is 560. The Labute approximate surface area is 125 Å². The Hall–Kier alpha value is -1.38. The highest BCUT2D eigenvalue weighted by atomic mass is 35.5. The molecule has 1 unspecified atom stereocenters. The summed E-state index contributed by atoms with van der Waals surface area (Å²) in [6.45, 7) is 5.97. The molecule has 0 saturated heterocycles.